The summed E-state index contributed by atoms with van der Waals surface area (Å²) < 4.78 is 0. The van der Waals surface area contributed by atoms with Gasteiger partial charge in [-0.05, 0) is 48.5 Å². The Morgan fingerprint density at radius 1 is 0.690 bits per heavy atom. The molecular weight excluding hydrogens is 370 g/mol. The molecule has 0 bridgehead atoms. The molecule has 0 unspecified atom stereocenters. The zero-order valence-corrected chi connectivity index (χ0v) is 15.0. The molecule has 29 heavy (non-hydrogen) atoms. The normalized spacial score (nSPS) is 9.79. The number of rotatable bonds is 4. The van der Waals surface area contributed by atoms with E-state index in [0.29, 0.717) is 5.56 Å². The second-order valence-electron chi connectivity index (χ2n) is 6.02. The number of nitrogens with one attached hydrogen (secondary N) is 1. The van der Waals surface area contributed by atoms with Gasteiger partial charge in [-0.1, -0.05) is 36.1 Å². The molecule has 0 saturated carbocycles. The van der Waals surface area contributed by atoms with E-state index in [9.17, 15) is 19.5 Å². The topological polar surface area (TPSA) is 104 Å². The number of benzene rings is 3. The van der Waals surface area contributed by atoms with Crippen LogP contribution in [-0.4, -0.2) is 28.1 Å². The fourth-order valence-corrected chi connectivity index (χ4v) is 2.59. The molecule has 1 amide bonds. The summed E-state index contributed by atoms with van der Waals surface area (Å²) in [6, 6.07) is 19.2. The number of carbonyl (C=O) groups excluding carboxylic acids is 1. The lowest BCUT2D eigenvalue weighted by Crippen LogP contribution is -2.17. The van der Waals surface area contributed by atoms with Crippen LogP contribution in [0.2, 0.25) is 0 Å². The van der Waals surface area contributed by atoms with Gasteiger partial charge in [-0.2, -0.15) is 0 Å². The van der Waals surface area contributed by atoms with Crippen molar-refractivity contribution in [3.8, 4) is 11.8 Å². The number of carbonyl (C=O) groups is 3. The summed E-state index contributed by atoms with van der Waals surface area (Å²) in [6.45, 7) is 0. The average molecular weight is 385 g/mol. The number of hydrogen-bond donors (Lipinski definition) is 3. The number of carboxylic acids is 2. The van der Waals surface area contributed by atoms with Crippen LogP contribution in [0.5, 0.6) is 0 Å². The maximum Gasteiger partial charge on any atom is 0.336 e. The SMILES string of the molecule is O=C(O)c1cccc(NC(=O)c2ccc(C#Cc3ccccc3)cc2C(=O)O)c1. The Morgan fingerprint density at radius 3 is 2.10 bits per heavy atom. The van der Waals surface area contributed by atoms with Crippen molar-refractivity contribution < 1.29 is 24.6 Å². The quantitative estimate of drug-likeness (QED) is 0.594. The summed E-state index contributed by atoms with van der Waals surface area (Å²) in [4.78, 5) is 35.2. The molecule has 0 fully saturated rings. The molecule has 0 radical (unpaired) electrons. The van der Waals surface area contributed by atoms with Gasteiger partial charge in [0.2, 0.25) is 0 Å². The van der Waals surface area contributed by atoms with Crippen LogP contribution in [0.3, 0.4) is 0 Å². The van der Waals surface area contributed by atoms with Crippen LogP contribution in [0.25, 0.3) is 0 Å². The average Bonchev–Trinajstić information content (AvgIpc) is 2.73. The molecule has 6 heteroatoms. The van der Waals surface area contributed by atoms with Crippen LogP contribution in [0, 0.1) is 11.8 Å². The number of hydrogen-bond acceptors (Lipinski definition) is 3. The van der Waals surface area contributed by atoms with Gasteiger partial charge >= 0.3 is 11.9 Å². The van der Waals surface area contributed by atoms with Gasteiger partial charge in [0.15, 0.2) is 0 Å². The van der Waals surface area contributed by atoms with E-state index in [2.05, 4.69) is 17.2 Å². The molecule has 0 aliphatic heterocycles. The third kappa shape index (κ3) is 4.87. The second-order valence-corrected chi connectivity index (χ2v) is 6.02. The van der Waals surface area contributed by atoms with E-state index in [0.717, 1.165) is 5.56 Å². The van der Waals surface area contributed by atoms with Gasteiger partial charge < -0.3 is 15.5 Å². The van der Waals surface area contributed by atoms with E-state index >= 15 is 0 Å². The fraction of sp³-hybridized carbons (Fsp3) is 0. The van der Waals surface area contributed by atoms with Gasteiger partial charge in [0.25, 0.3) is 5.91 Å². The summed E-state index contributed by atoms with van der Waals surface area (Å²) in [5.41, 5.74) is 1.24. The lowest BCUT2D eigenvalue weighted by atomic mass is 10.0. The lowest BCUT2D eigenvalue weighted by molar-refractivity contribution is 0.0685. The lowest BCUT2D eigenvalue weighted by Gasteiger charge is -2.09. The first kappa shape index (κ1) is 19.4. The monoisotopic (exact) mass is 385 g/mol. The zero-order chi connectivity index (χ0) is 20.8. The number of carboxylic acid groups (broad SMARTS) is 2. The predicted octanol–water partition coefficient (Wildman–Crippen LogP) is 3.74. The Labute approximate surface area is 166 Å². The van der Waals surface area contributed by atoms with Crippen molar-refractivity contribution in [1.29, 1.82) is 0 Å². The van der Waals surface area contributed by atoms with Crippen molar-refractivity contribution in [2.75, 3.05) is 5.32 Å². The van der Waals surface area contributed by atoms with Crippen LogP contribution in [0.1, 0.15) is 42.2 Å². The number of anilines is 1. The first-order valence-corrected chi connectivity index (χ1v) is 8.53. The molecule has 0 saturated heterocycles. The van der Waals surface area contributed by atoms with E-state index in [1.54, 1.807) is 6.07 Å². The van der Waals surface area contributed by atoms with Crippen molar-refractivity contribution >= 4 is 23.5 Å². The van der Waals surface area contributed by atoms with Gasteiger partial charge in [0.05, 0.1) is 16.7 Å². The molecule has 0 aliphatic rings. The molecule has 142 valence electrons. The Kier molecular flexibility index (Phi) is 5.71. The Bertz CT molecular complexity index is 1160. The van der Waals surface area contributed by atoms with Gasteiger partial charge in [0.1, 0.15) is 0 Å². The standard InChI is InChI=1S/C23H15NO5/c25-21(24-18-8-4-7-17(14-18)22(26)27)19-12-11-16(13-20(19)23(28)29)10-9-15-5-2-1-3-6-15/h1-8,11-14H,(H,24,25)(H,26,27)(H,28,29). The van der Waals surface area contributed by atoms with E-state index < -0.39 is 17.8 Å². The summed E-state index contributed by atoms with van der Waals surface area (Å²) in [6.07, 6.45) is 0. The highest BCUT2D eigenvalue weighted by molar-refractivity contribution is 6.11. The summed E-state index contributed by atoms with van der Waals surface area (Å²) in [5, 5.41) is 21.1. The van der Waals surface area contributed by atoms with E-state index in [1.807, 2.05) is 30.3 Å². The van der Waals surface area contributed by atoms with Gasteiger partial charge in [0, 0.05) is 16.8 Å². The first-order valence-electron chi connectivity index (χ1n) is 8.53. The smallest absolute Gasteiger partial charge is 0.336 e. The highest BCUT2D eigenvalue weighted by atomic mass is 16.4. The van der Waals surface area contributed by atoms with Crippen molar-refractivity contribution in [3.63, 3.8) is 0 Å². The molecule has 3 rings (SSSR count). The van der Waals surface area contributed by atoms with E-state index in [4.69, 9.17) is 5.11 Å². The zero-order valence-electron chi connectivity index (χ0n) is 15.0. The maximum atomic E-state index is 12.6. The second kappa shape index (κ2) is 8.55. The summed E-state index contributed by atoms with van der Waals surface area (Å²) >= 11 is 0. The largest absolute Gasteiger partial charge is 0.478 e. The molecule has 3 aromatic rings. The molecule has 0 spiro atoms. The summed E-state index contributed by atoms with van der Waals surface area (Å²) in [7, 11) is 0. The van der Waals surface area contributed by atoms with E-state index in [1.165, 1.54) is 36.4 Å². The summed E-state index contributed by atoms with van der Waals surface area (Å²) in [5.74, 6) is 2.76. The third-order valence-corrected chi connectivity index (χ3v) is 3.99. The number of aromatic carboxylic acids is 2. The minimum atomic E-state index is -1.27. The Morgan fingerprint density at radius 2 is 1.41 bits per heavy atom. The first-order chi connectivity index (χ1) is 13.9. The highest BCUT2D eigenvalue weighted by Crippen LogP contribution is 2.16. The molecule has 0 atom stereocenters. The molecule has 3 N–H and O–H groups in total. The van der Waals surface area contributed by atoms with Crippen LogP contribution in [-0.2, 0) is 0 Å². The van der Waals surface area contributed by atoms with Crippen molar-refractivity contribution in [2.24, 2.45) is 0 Å². The van der Waals surface area contributed by atoms with E-state index in [-0.39, 0.29) is 22.4 Å². The minimum Gasteiger partial charge on any atom is -0.478 e. The number of amides is 1. The molecule has 0 aromatic heterocycles. The Hall–Kier alpha value is -4.37. The van der Waals surface area contributed by atoms with Gasteiger partial charge in [-0.3, -0.25) is 4.79 Å². The maximum absolute atomic E-state index is 12.6. The molecular formula is C23H15NO5. The fourth-order valence-electron chi connectivity index (χ4n) is 2.59. The van der Waals surface area contributed by atoms with Crippen LogP contribution >= 0.6 is 0 Å². The molecule has 3 aromatic carbocycles. The van der Waals surface area contributed by atoms with Crippen LogP contribution in [0.15, 0.2) is 72.8 Å². The highest BCUT2D eigenvalue weighted by Gasteiger charge is 2.17. The van der Waals surface area contributed by atoms with Crippen molar-refractivity contribution in [1.82, 2.24) is 0 Å². The Balaban J connectivity index is 1.88. The molecule has 6 nitrogen and oxygen atoms in total. The molecule has 0 aliphatic carbocycles. The third-order valence-electron chi connectivity index (χ3n) is 3.99. The molecule has 0 heterocycles. The van der Waals surface area contributed by atoms with Crippen LogP contribution in [0.4, 0.5) is 5.69 Å². The van der Waals surface area contributed by atoms with Crippen LogP contribution < -0.4 is 5.32 Å². The predicted molar refractivity (Wildman–Crippen MR) is 107 cm³/mol. The van der Waals surface area contributed by atoms with Crippen molar-refractivity contribution in [3.05, 3.63) is 101 Å². The van der Waals surface area contributed by atoms with Crippen molar-refractivity contribution in [2.45, 2.75) is 0 Å². The minimum absolute atomic E-state index is 0.00722. The van der Waals surface area contributed by atoms with Gasteiger partial charge in [-0.25, -0.2) is 9.59 Å². The van der Waals surface area contributed by atoms with Gasteiger partial charge in [-0.15, -0.1) is 0 Å².